The van der Waals surface area contributed by atoms with Gasteiger partial charge in [-0.2, -0.15) is 0 Å². The van der Waals surface area contributed by atoms with Crippen LogP contribution in [0.15, 0.2) is 24.3 Å². The number of halogens is 1. The molecule has 0 spiro atoms. The number of hydrogen-bond donors (Lipinski definition) is 1. The average Bonchev–Trinajstić information content (AvgIpc) is 3.22. The molecule has 0 aliphatic heterocycles. The molecule has 0 heterocycles. The highest BCUT2D eigenvalue weighted by molar-refractivity contribution is 5.17. The summed E-state index contributed by atoms with van der Waals surface area (Å²) in [7, 11) is 0. The Morgan fingerprint density at radius 3 is 2.65 bits per heavy atom. The van der Waals surface area contributed by atoms with E-state index in [0.29, 0.717) is 31.3 Å². The fourth-order valence-corrected chi connectivity index (χ4v) is 2.25. The van der Waals surface area contributed by atoms with E-state index in [-0.39, 0.29) is 11.9 Å². The van der Waals surface area contributed by atoms with Crippen molar-refractivity contribution in [2.75, 3.05) is 13.2 Å². The summed E-state index contributed by atoms with van der Waals surface area (Å²) in [6.07, 6.45) is 1.86. The Morgan fingerprint density at radius 1 is 1.35 bits per heavy atom. The minimum Gasteiger partial charge on any atom is -0.389 e. The molecule has 3 nitrogen and oxygen atoms in total. The van der Waals surface area contributed by atoms with Gasteiger partial charge in [0.15, 0.2) is 0 Å². The van der Waals surface area contributed by atoms with Gasteiger partial charge in [-0.05, 0) is 32.8 Å². The first-order chi connectivity index (χ1) is 9.56. The molecule has 20 heavy (non-hydrogen) atoms. The van der Waals surface area contributed by atoms with Crippen molar-refractivity contribution in [3.63, 3.8) is 0 Å². The van der Waals surface area contributed by atoms with E-state index in [1.165, 1.54) is 6.07 Å². The number of benzene rings is 1. The molecular weight excluding hydrogens is 257 g/mol. The topological polar surface area (TPSA) is 32.7 Å². The second kappa shape index (κ2) is 7.16. The van der Waals surface area contributed by atoms with Crippen LogP contribution in [0.25, 0.3) is 0 Å². The van der Waals surface area contributed by atoms with Crippen LogP contribution in [-0.2, 0) is 11.3 Å². The van der Waals surface area contributed by atoms with Gasteiger partial charge in [-0.1, -0.05) is 18.2 Å². The van der Waals surface area contributed by atoms with Gasteiger partial charge in [0, 0.05) is 24.7 Å². The van der Waals surface area contributed by atoms with E-state index >= 15 is 0 Å². The fraction of sp³-hybridized carbons (Fsp3) is 0.625. The van der Waals surface area contributed by atoms with E-state index in [1.807, 2.05) is 26.0 Å². The zero-order valence-corrected chi connectivity index (χ0v) is 12.3. The van der Waals surface area contributed by atoms with Gasteiger partial charge in [-0.3, -0.25) is 4.90 Å². The third-order valence-electron chi connectivity index (χ3n) is 3.46. The lowest BCUT2D eigenvalue weighted by Gasteiger charge is -2.25. The third-order valence-corrected chi connectivity index (χ3v) is 3.46. The molecule has 1 N–H and O–H groups in total. The Morgan fingerprint density at radius 2 is 2.05 bits per heavy atom. The van der Waals surface area contributed by atoms with E-state index in [4.69, 9.17) is 4.74 Å². The minimum atomic E-state index is -0.523. The number of aliphatic hydroxyl groups excluding tert-OH is 1. The van der Waals surface area contributed by atoms with Gasteiger partial charge >= 0.3 is 0 Å². The standard InChI is InChI=1S/C16H24FNO2/c1-12(2)20-11-15(19)10-18(14-7-8-14)9-13-5-3-4-6-16(13)17/h3-6,12,14-15,19H,7-11H2,1-2H3. The van der Waals surface area contributed by atoms with Gasteiger partial charge < -0.3 is 9.84 Å². The number of rotatable bonds is 8. The normalized spacial score (nSPS) is 16.9. The van der Waals surface area contributed by atoms with Crippen LogP contribution in [-0.4, -0.2) is 41.4 Å². The molecule has 2 rings (SSSR count). The van der Waals surface area contributed by atoms with Crippen molar-refractivity contribution in [1.82, 2.24) is 4.90 Å². The quantitative estimate of drug-likeness (QED) is 0.795. The van der Waals surface area contributed by atoms with Crippen molar-refractivity contribution in [3.8, 4) is 0 Å². The Labute approximate surface area is 120 Å². The molecule has 0 bridgehead atoms. The molecular formula is C16H24FNO2. The number of hydrogen-bond acceptors (Lipinski definition) is 3. The molecule has 1 unspecified atom stereocenters. The van der Waals surface area contributed by atoms with Crippen LogP contribution < -0.4 is 0 Å². The minimum absolute atomic E-state index is 0.116. The van der Waals surface area contributed by atoms with E-state index in [2.05, 4.69) is 4.90 Å². The van der Waals surface area contributed by atoms with E-state index < -0.39 is 6.10 Å². The van der Waals surface area contributed by atoms with Gasteiger partial charge in [0.25, 0.3) is 0 Å². The molecule has 1 aliphatic carbocycles. The molecule has 4 heteroatoms. The Balaban J connectivity index is 1.89. The van der Waals surface area contributed by atoms with Crippen molar-refractivity contribution >= 4 is 0 Å². The average molecular weight is 281 g/mol. The first-order valence-corrected chi connectivity index (χ1v) is 7.33. The predicted molar refractivity (Wildman–Crippen MR) is 76.9 cm³/mol. The third kappa shape index (κ3) is 4.85. The van der Waals surface area contributed by atoms with Crippen LogP contribution in [0.4, 0.5) is 4.39 Å². The largest absolute Gasteiger partial charge is 0.389 e. The number of aliphatic hydroxyl groups is 1. The van der Waals surface area contributed by atoms with Crippen LogP contribution in [0.2, 0.25) is 0 Å². The summed E-state index contributed by atoms with van der Waals surface area (Å²) in [4.78, 5) is 2.16. The van der Waals surface area contributed by atoms with Crippen LogP contribution in [0.1, 0.15) is 32.3 Å². The molecule has 1 saturated carbocycles. The lowest BCUT2D eigenvalue weighted by Crippen LogP contribution is -2.36. The Hall–Kier alpha value is -0.970. The molecule has 1 fully saturated rings. The fourth-order valence-electron chi connectivity index (χ4n) is 2.25. The highest BCUT2D eigenvalue weighted by Gasteiger charge is 2.30. The van der Waals surface area contributed by atoms with E-state index in [9.17, 15) is 9.50 Å². The molecule has 1 aromatic rings. The molecule has 0 amide bonds. The smallest absolute Gasteiger partial charge is 0.127 e. The lowest BCUT2D eigenvalue weighted by atomic mass is 10.2. The van der Waals surface area contributed by atoms with Crippen molar-refractivity contribution in [1.29, 1.82) is 0 Å². The second-order valence-electron chi connectivity index (χ2n) is 5.79. The molecule has 0 aromatic heterocycles. The second-order valence-corrected chi connectivity index (χ2v) is 5.79. The summed E-state index contributed by atoms with van der Waals surface area (Å²) in [6, 6.07) is 7.32. The number of ether oxygens (including phenoxy) is 1. The molecule has 1 aromatic carbocycles. The number of nitrogens with zero attached hydrogens (tertiary/aromatic N) is 1. The van der Waals surface area contributed by atoms with Crippen LogP contribution in [0.5, 0.6) is 0 Å². The Bertz CT molecular complexity index is 421. The first-order valence-electron chi connectivity index (χ1n) is 7.33. The summed E-state index contributed by atoms with van der Waals surface area (Å²) in [5, 5.41) is 10.0. The molecule has 0 radical (unpaired) electrons. The summed E-state index contributed by atoms with van der Waals surface area (Å²) >= 11 is 0. The Kier molecular flexibility index (Phi) is 5.52. The SMILES string of the molecule is CC(C)OCC(O)CN(Cc1ccccc1F)C1CC1. The molecule has 1 aliphatic rings. The maximum atomic E-state index is 13.7. The van der Waals surface area contributed by atoms with Crippen LogP contribution in [0, 0.1) is 5.82 Å². The van der Waals surface area contributed by atoms with E-state index in [1.54, 1.807) is 6.07 Å². The predicted octanol–water partition coefficient (Wildman–Crippen LogP) is 2.58. The summed E-state index contributed by atoms with van der Waals surface area (Å²) < 4.78 is 19.1. The maximum Gasteiger partial charge on any atom is 0.127 e. The maximum absolute atomic E-state index is 13.7. The van der Waals surface area contributed by atoms with Crippen LogP contribution in [0.3, 0.4) is 0 Å². The van der Waals surface area contributed by atoms with Crippen molar-refractivity contribution in [2.45, 2.75) is 51.5 Å². The monoisotopic (exact) mass is 281 g/mol. The zero-order valence-electron chi connectivity index (χ0n) is 12.3. The van der Waals surface area contributed by atoms with Crippen molar-refractivity contribution in [3.05, 3.63) is 35.6 Å². The highest BCUT2D eigenvalue weighted by Crippen LogP contribution is 2.28. The lowest BCUT2D eigenvalue weighted by molar-refractivity contribution is -0.0108. The van der Waals surface area contributed by atoms with Gasteiger partial charge in [-0.25, -0.2) is 4.39 Å². The van der Waals surface area contributed by atoms with Gasteiger partial charge in [0.05, 0.1) is 18.8 Å². The summed E-state index contributed by atoms with van der Waals surface area (Å²) in [5.74, 6) is -0.175. The zero-order chi connectivity index (χ0) is 14.5. The van der Waals surface area contributed by atoms with Gasteiger partial charge in [0.2, 0.25) is 0 Å². The first kappa shape index (κ1) is 15.4. The van der Waals surface area contributed by atoms with Crippen molar-refractivity contribution in [2.24, 2.45) is 0 Å². The molecule has 1 atom stereocenters. The summed E-state index contributed by atoms with van der Waals surface area (Å²) in [5.41, 5.74) is 0.691. The van der Waals surface area contributed by atoms with Gasteiger partial charge in [0.1, 0.15) is 5.82 Å². The van der Waals surface area contributed by atoms with Gasteiger partial charge in [-0.15, -0.1) is 0 Å². The van der Waals surface area contributed by atoms with Crippen molar-refractivity contribution < 1.29 is 14.2 Å². The molecule has 0 saturated heterocycles. The van der Waals surface area contributed by atoms with Crippen LogP contribution >= 0.6 is 0 Å². The highest BCUT2D eigenvalue weighted by atomic mass is 19.1. The summed E-state index contributed by atoms with van der Waals surface area (Å²) in [6.45, 7) is 5.31. The molecule has 112 valence electrons. The van der Waals surface area contributed by atoms with E-state index in [0.717, 1.165) is 12.8 Å².